The largest absolute Gasteiger partial charge is 0.479 e. The quantitative estimate of drug-likeness (QED) is 0.0497. The Bertz CT molecular complexity index is 1040. The molecule has 56 heavy (non-hydrogen) atoms. The molecule has 0 bridgehead atoms. The van der Waals surface area contributed by atoms with Crippen molar-refractivity contribution in [3.8, 4) is 47.4 Å². The van der Waals surface area contributed by atoms with Crippen molar-refractivity contribution in [1.29, 1.82) is 0 Å². The lowest BCUT2D eigenvalue weighted by molar-refractivity contribution is -0.156. The van der Waals surface area contributed by atoms with Gasteiger partial charge in [0.15, 0.2) is 0 Å². The van der Waals surface area contributed by atoms with Gasteiger partial charge in [0.25, 0.3) is 0 Å². The maximum Gasteiger partial charge on any atom is 0.337 e. The zero-order chi connectivity index (χ0) is 41.3. The summed E-state index contributed by atoms with van der Waals surface area (Å²) in [5, 5.41) is 22.0. The highest BCUT2D eigenvalue weighted by Gasteiger charge is 2.60. The summed E-state index contributed by atoms with van der Waals surface area (Å²) in [6, 6.07) is 0. The predicted molar refractivity (Wildman–Crippen MR) is 240 cm³/mol. The van der Waals surface area contributed by atoms with Crippen molar-refractivity contribution in [2.45, 2.75) is 259 Å². The molecular formula is C52H86O4. The van der Waals surface area contributed by atoms with Crippen LogP contribution in [0.5, 0.6) is 0 Å². The van der Waals surface area contributed by atoms with E-state index in [1.807, 2.05) is 0 Å². The van der Waals surface area contributed by atoms with Crippen molar-refractivity contribution in [3.05, 3.63) is 0 Å². The van der Waals surface area contributed by atoms with Crippen molar-refractivity contribution in [2.75, 3.05) is 0 Å². The van der Waals surface area contributed by atoms with Gasteiger partial charge in [-0.1, -0.05) is 231 Å². The molecule has 0 fully saturated rings. The predicted octanol–water partition coefficient (Wildman–Crippen LogP) is 15.3. The van der Waals surface area contributed by atoms with E-state index < -0.39 is 22.8 Å². The summed E-state index contributed by atoms with van der Waals surface area (Å²) in [4.78, 5) is 27.0. The lowest BCUT2D eigenvalue weighted by Gasteiger charge is -2.30. The van der Waals surface area contributed by atoms with E-state index in [0.29, 0.717) is 25.7 Å². The number of hydrogen-bond donors (Lipinski definition) is 2. The first-order valence-corrected chi connectivity index (χ1v) is 23.8. The minimum atomic E-state index is -2.25. The Morgan fingerprint density at radius 1 is 0.304 bits per heavy atom. The summed E-state index contributed by atoms with van der Waals surface area (Å²) in [6.45, 7) is 8.89. The monoisotopic (exact) mass is 775 g/mol. The van der Waals surface area contributed by atoms with Crippen LogP contribution in [0.2, 0.25) is 0 Å². The fourth-order valence-electron chi connectivity index (χ4n) is 7.14. The van der Waals surface area contributed by atoms with E-state index in [0.717, 1.165) is 77.0 Å². The second kappa shape index (κ2) is 39.0. The smallest absolute Gasteiger partial charge is 0.337 e. The molecule has 0 aliphatic heterocycles. The SMILES string of the molecule is CCCCCCCCCCC#CC(C#CCCCCCCCCCC)(C(=O)O)C(C#CCCCCCCCCCC)(C#CCCCCCCCCCC)C(=O)O. The number of aliphatic carboxylic acids is 2. The average molecular weight is 775 g/mol. The zero-order valence-corrected chi connectivity index (χ0v) is 37.2. The van der Waals surface area contributed by atoms with Crippen LogP contribution in [-0.4, -0.2) is 22.2 Å². The molecule has 0 aromatic heterocycles. The molecule has 318 valence electrons. The zero-order valence-electron chi connectivity index (χ0n) is 37.2. The standard InChI is InChI=1S/C52H86O4/c1-5-9-13-17-21-25-29-33-37-41-45-51(49(53)54,46-42-38-34-30-26-22-18-14-10-6-2)52(50(55)56,47-43-39-35-31-27-23-19-15-11-7-3)48-44-40-36-32-28-24-20-16-12-8-4/h5-40H2,1-4H3,(H,53,54)(H,55,56). The topological polar surface area (TPSA) is 74.6 Å². The molecule has 0 aromatic carbocycles. The summed E-state index contributed by atoms with van der Waals surface area (Å²) in [5.74, 6) is 21.6. The van der Waals surface area contributed by atoms with E-state index in [-0.39, 0.29) is 0 Å². The average Bonchev–Trinajstić information content (AvgIpc) is 3.19. The van der Waals surface area contributed by atoms with Crippen molar-refractivity contribution in [3.63, 3.8) is 0 Å². The van der Waals surface area contributed by atoms with Crippen LogP contribution in [0.1, 0.15) is 259 Å². The van der Waals surface area contributed by atoms with Crippen LogP contribution < -0.4 is 0 Å². The van der Waals surface area contributed by atoms with Crippen molar-refractivity contribution < 1.29 is 19.8 Å². The maximum atomic E-state index is 13.5. The highest BCUT2D eigenvalue weighted by atomic mass is 16.4. The van der Waals surface area contributed by atoms with Crippen LogP contribution in [0.4, 0.5) is 0 Å². The number of unbranched alkanes of at least 4 members (excludes halogenated alkanes) is 32. The fourth-order valence-corrected chi connectivity index (χ4v) is 7.14. The molecular weight excluding hydrogens is 689 g/mol. The van der Waals surface area contributed by atoms with E-state index in [9.17, 15) is 19.8 Å². The Hall–Kier alpha value is -2.82. The van der Waals surface area contributed by atoms with Crippen LogP contribution in [0, 0.1) is 58.2 Å². The van der Waals surface area contributed by atoms with Gasteiger partial charge < -0.3 is 10.2 Å². The molecule has 4 heteroatoms. The van der Waals surface area contributed by atoms with Gasteiger partial charge in [0, 0.05) is 25.7 Å². The molecule has 0 unspecified atom stereocenters. The molecule has 0 spiro atoms. The minimum Gasteiger partial charge on any atom is -0.479 e. The molecule has 4 nitrogen and oxygen atoms in total. The first-order chi connectivity index (χ1) is 27.4. The lowest BCUT2D eigenvalue weighted by Crippen LogP contribution is -2.50. The molecule has 0 aromatic rings. The molecule has 0 heterocycles. The van der Waals surface area contributed by atoms with Gasteiger partial charge >= 0.3 is 11.9 Å². The summed E-state index contributed by atoms with van der Waals surface area (Å²) < 4.78 is 0. The third-order valence-corrected chi connectivity index (χ3v) is 10.9. The highest BCUT2D eigenvalue weighted by Crippen LogP contribution is 2.40. The van der Waals surface area contributed by atoms with Gasteiger partial charge in [-0.25, -0.2) is 9.59 Å². The summed E-state index contributed by atoms with van der Waals surface area (Å²) >= 11 is 0. The van der Waals surface area contributed by atoms with Gasteiger partial charge in [-0.3, -0.25) is 0 Å². The lowest BCUT2D eigenvalue weighted by atomic mass is 9.63. The Morgan fingerprint density at radius 3 is 0.625 bits per heavy atom. The number of hydrogen-bond acceptors (Lipinski definition) is 2. The van der Waals surface area contributed by atoms with Crippen LogP contribution in [0.15, 0.2) is 0 Å². The Labute approximate surface area is 347 Å². The first kappa shape index (κ1) is 53.2. The van der Waals surface area contributed by atoms with E-state index >= 15 is 0 Å². The van der Waals surface area contributed by atoms with Gasteiger partial charge in [-0.2, -0.15) is 0 Å². The summed E-state index contributed by atoms with van der Waals surface area (Å²) in [6.07, 6.45) is 38.8. The van der Waals surface area contributed by atoms with E-state index in [4.69, 9.17) is 0 Å². The third-order valence-electron chi connectivity index (χ3n) is 10.9. The van der Waals surface area contributed by atoms with Gasteiger partial charge in [-0.15, -0.1) is 23.7 Å². The summed E-state index contributed by atoms with van der Waals surface area (Å²) in [7, 11) is 0. The van der Waals surface area contributed by atoms with Crippen LogP contribution in [0.25, 0.3) is 0 Å². The molecule has 0 atom stereocenters. The number of carboxylic acids is 2. The molecule has 0 aliphatic rings. The molecule has 0 amide bonds. The van der Waals surface area contributed by atoms with Crippen LogP contribution >= 0.6 is 0 Å². The third kappa shape index (κ3) is 26.2. The second-order valence-corrected chi connectivity index (χ2v) is 16.2. The molecule has 0 rings (SSSR count). The van der Waals surface area contributed by atoms with Crippen LogP contribution in [-0.2, 0) is 9.59 Å². The molecule has 0 radical (unpaired) electrons. The van der Waals surface area contributed by atoms with E-state index in [1.165, 1.54) is 128 Å². The Morgan fingerprint density at radius 2 is 0.464 bits per heavy atom. The van der Waals surface area contributed by atoms with Gasteiger partial charge in [0.2, 0.25) is 10.8 Å². The molecule has 2 N–H and O–H groups in total. The normalized spacial score (nSPS) is 11.0. The number of carboxylic acid groups (broad SMARTS) is 2. The number of rotatable bonds is 35. The van der Waals surface area contributed by atoms with Gasteiger partial charge in [-0.05, 0) is 25.7 Å². The van der Waals surface area contributed by atoms with Gasteiger partial charge in [0.05, 0.1) is 0 Å². The molecule has 0 aliphatic carbocycles. The van der Waals surface area contributed by atoms with Crippen LogP contribution in [0.3, 0.4) is 0 Å². The Balaban J connectivity index is 6.39. The first-order valence-electron chi connectivity index (χ1n) is 23.8. The van der Waals surface area contributed by atoms with Crippen molar-refractivity contribution in [1.82, 2.24) is 0 Å². The van der Waals surface area contributed by atoms with E-state index in [2.05, 4.69) is 75.1 Å². The highest BCUT2D eigenvalue weighted by molar-refractivity contribution is 5.97. The Kier molecular flexibility index (Phi) is 37.1. The second-order valence-electron chi connectivity index (χ2n) is 16.2. The molecule has 0 saturated carbocycles. The van der Waals surface area contributed by atoms with Crippen molar-refractivity contribution >= 4 is 11.9 Å². The van der Waals surface area contributed by atoms with Crippen molar-refractivity contribution in [2.24, 2.45) is 10.8 Å². The maximum absolute atomic E-state index is 13.5. The minimum absolute atomic E-state index is 0.497. The fraction of sp³-hybridized carbons (Fsp3) is 0.808. The summed E-state index contributed by atoms with van der Waals surface area (Å²) in [5.41, 5.74) is -4.50. The molecule has 0 saturated heterocycles. The number of carbonyl (C=O) groups is 2. The van der Waals surface area contributed by atoms with Gasteiger partial charge in [0.1, 0.15) is 0 Å². The van der Waals surface area contributed by atoms with E-state index in [1.54, 1.807) is 0 Å².